The van der Waals surface area contributed by atoms with Crippen LogP contribution in [0.4, 0.5) is 5.82 Å². The fraction of sp³-hybridized carbons (Fsp3) is 0.286. The van der Waals surface area contributed by atoms with E-state index in [4.69, 9.17) is 4.74 Å². The highest BCUT2D eigenvalue weighted by Crippen LogP contribution is 2.32. The molecule has 2 heterocycles. The third-order valence-corrected chi connectivity index (χ3v) is 5.77. The molecule has 6 nitrogen and oxygen atoms in total. The molecule has 0 saturated carbocycles. The van der Waals surface area contributed by atoms with E-state index in [2.05, 4.69) is 31.2 Å². The maximum absolute atomic E-state index is 12.0. The minimum Gasteiger partial charge on any atom is -0.384 e. The van der Waals surface area contributed by atoms with Gasteiger partial charge < -0.3 is 15.2 Å². The third-order valence-electron chi connectivity index (χ3n) is 4.16. The molecular weight excluding hydrogens is 454 g/mol. The first kappa shape index (κ1) is 21.6. The van der Waals surface area contributed by atoms with Crippen molar-refractivity contribution in [2.24, 2.45) is 0 Å². The number of anilines is 1. The molecule has 0 spiro atoms. The monoisotopic (exact) mass is 475 g/mol. The van der Waals surface area contributed by atoms with Gasteiger partial charge in [-0.05, 0) is 43.2 Å². The van der Waals surface area contributed by atoms with Gasteiger partial charge in [-0.15, -0.1) is 11.3 Å². The number of carbonyl (C=O) groups excluding carboxylic acids is 1. The number of pyridine rings is 1. The lowest BCUT2D eigenvalue weighted by Gasteiger charge is -2.07. The fourth-order valence-electron chi connectivity index (χ4n) is 2.54. The van der Waals surface area contributed by atoms with Crippen LogP contribution in [-0.4, -0.2) is 27.1 Å². The molecule has 29 heavy (non-hydrogen) atoms. The normalized spacial score (nSPS) is 12.0. The van der Waals surface area contributed by atoms with Crippen molar-refractivity contribution in [3.63, 3.8) is 0 Å². The maximum atomic E-state index is 12.0. The molecule has 0 radical (unpaired) electrons. The van der Waals surface area contributed by atoms with Gasteiger partial charge in [-0.1, -0.05) is 35.0 Å². The molecule has 0 bridgehead atoms. The molecule has 1 amide bonds. The first-order valence-corrected chi connectivity index (χ1v) is 10.8. The van der Waals surface area contributed by atoms with E-state index < -0.39 is 12.0 Å². The molecule has 1 atom stereocenters. The smallest absolute Gasteiger partial charge is 0.254 e. The zero-order valence-electron chi connectivity index (χ0n) is 16.2. The number of thiazole rings is 1. The van der Waals surface area contributed by atoms with Gasteiger partial charge in [-0.25, -0.2) is 4.98 Å². The summed E-state index contributed by atoms with van der Waals surface area (Å²) in [5.41, 5.74) is 2.96. The minimum absolute atomic E-state index is 0.300. The second-order valence-corrected chi connectivity index (χ2v) is 8.46. The molecule has 0 aliphatic heterocycles. The molecule has 0 aliphatic rings. The summed E-state index contributed by atoms with van der Waals surface area (Å²) in [6, 6.07) is 11.8. The molecule has 3 rings (SSSR count). The molecule has 3 aromatic rings. The van der Waals surface area contributed by atoms with Crippen LogP contribution >= 0.6 is 27.3 Å². The highest BCUT2D eigenvalue weighted by molar-refractivity contribution is 9.10. The fourth-order valence-corrected chi connectivity index (χ4v) is 3.75. The molecule has 0 fully saturated rings. The van der Waals surface area contributed by atoms with Crippen molar-refractivity contribution < 1.29 is 14.6 Å². The van der Waals surface area contributed by atoms with Crippen LogP contribution in [0.25, 0.3) is 10.6 Å². The standard InChI is InChI=1S/C21H22BrN3O3S/c1-3-17-10-15(8-9-23-17)21-25-19(24-20(27)13(2)26)18(29-21)12-28-11-14-4-6-16(22)7-5-14/h4-10,13,26H,3,11-12H2,1-2H3,(H,24,27). The Balaban J connectivity index is 1.79. The van der Waals surface area contributed by atoms with E-state index >= 15 is 0 Å². The molecule has 2 N–H and O–H groups in total. The Morgan fingerprint density at radius 3 is 2.72 bits per heavy atom. The van der Waals surface area contributed by atoms with Gasteiger partial charge in [-0.2, -0.15) is 0 Å². The van der Waals surface area contributed by atoms with Crippen molar-refractivity contribution in [3.05, 3.63) is 63.2 Å². The molecular formula is C21H22BrN3O3S. The van der Waals surface area contributed by atoms with Gasteiger partial charge in [0.05, 0.1) is 18.1 Å². The Kier molecular flexibility index (Phi) is 7.49. The second-order valence-electron chi connectivity index (χ2n) is 6.46. The number of benzene rings is 1. The lowest BCUT2D eigenvalue weighted by atomic mass is 10.2. The topological polar surface area (TPSA) is 84.3 Å². The summed E-state index contributed by atoms with van der Waals surface area (Å²) < 4.78 is 6.87. The SMILES string of the molecule is CCc1cc(-c2nc(NC(=O)C(C)O)c(COCc3ccc(Br)cc3)s2)ccn1. The summed E-state index contributed by atoms with van der Waals surface area (Å²) in [6.07, 6.45) is 1.46. The summed E-state index contributed by atoms with van der Waals surface area (Å²) in [5.74, 6) is -0.0819. The van der Waals surface area contributed by atoms with Gasteiger partial charge in [0, 0.05) is 21.9 Å². The van der Waals surface area contributed by atoms with Crippen LogP contribution in [-0.2, 0) is 29.2 Å². The van der Waals surface area contributed by atoms with Crippen molar-refractivity contribution in [1.29, 1.82) is 0 Å². The third kappa shape index (κ3) is 5.93. The summed E-state index contributed by atoms with van der Waals surface area (Å²) >= 11 is 4.87. The van der Waals surface area contributed by atoms with E-state index in [0.717, 1.165) is 37.6 Å². The Labute approximate surface area is 182 Å². The predicted octanol–water partition coefficient (Wildman–Crippen LogP) is 4.57. The summed E-state index contributed by atoms with van der Waals surface area (Å²) in [7, 11) is 0. The highest BCUT2D eigenvalue weighted by Gasteiger charge is 2.18. The van der Waals surface area contributed by atoms with E-state index in [1.165, 1.54) is 18.3 Å². The summed E-state index contributed by atoms with van der Waals surface area (Å²) in [5, 5.41) is 13.0. The Morgan fingerprint density at radius 1 is 1.28 bits per heavy atom. The molecule has 1 aromatic carbocycles. The summed E-state index contributed by atoms with van der Waals surface area (Å²) in [4.78, 5) is 21.7. The predicted molar refractivity (Wildman–Crippen MR) is 118 cm³/mol. The van der Waals surface area contributed by atoms with Crippen LogP contribution in [0.5, 0.6) is 0 Å². The van der Waals surface area contributed by atoms with Crippen LogP contribution in [0.15, 0.2) is 47.1 Å². The number of aliphatic hydroxyl groups excluding tert-OH is 1. The number of aromatic nitrogens is 2. The summed E-state index contributed by atoms with van der Waals surface area (Å²) in [6.45, 7) is 4.21. The lowest BCUT2D eigenvalue weighted by molar-refractivity contribution is -0.123. The number of ether oxygens (including phenoxy) is 1. The first-order chi connectivity index (χ1) is 14.0. The zero-order chi connectivity index (χ0) is 20.8. The van der Waals surface area contributed by atoms with Gasteiger partial charge in [0.15, 0.2) is 0 Å². The van der Waals surface area contributed by atoms with Crippen LogP contribution in [0.3, 0.4) is 0 Å². The number of amides is 1. The molecule has 152 valence electrons. The highest BCUT2D eigenvalue weighted by atomic mass is 79.9. The van der Waals surface area contributed by atoms with Gasteiger partial charge in [0.25, 0.3) is 5.91 Å². The minimum atomic E-state index is -1.12. The van der Waals surface area contributed by atoms with E-state index in [-0.39, 0.29) is 0 Å². The Hall–Kier alpha value is -2.13. The van der Waals surface area contributed by atoms with Gasteiger partial charge in [0.1, 0.15) is 16.9 Å². The van der Waals surface area contributed by atoms with E-state index in [0.29, 0.717) is 19.0 Å². The van der Waals surface area contributed by atoms with Crippen molar-refractivity contribution in [3.8, 4) is 10.6 Å². The van der Waals surface area contributed by atoms with Gasteiger partial charge >= 0.3 is 0 Å². The number of nitrogens with one attached hydrogen (secondary N) is 1. The van der Waals surface area contributed by atoms with Gasteiger partial charge in [0.2, 0.25) is 0 Å². The molecule has 2 aromatic heterocycles. The largest absolute Gasteiger partial charge is 0.384 e. The number of aliphatic hydroxyl groups is 1. The average Bonchev–Trinajstić information content (AvgIpc) is 3.12. The lowest BCUT2D eigenvalue weighted by Crippen LogP contribution is -2.25. The van der Waals surface area contributed by atoms with Crippen LogP contribution in [0, 0.1) is 0 Å². The van der Waals surface area contributed by atoms with Crippen LogP contribution < -0.4 is 5.32 Å². The quantitative estimate of drug-likeness (QED) is 0.498. The Bertz CT molecular complexity index is 974. The van der Waals surface area contributed by atoms with Crippen LogP contribution in [0.2, 0.25) is 0 Å². The molecule has 0 aliphatic carbocycles. The van der Waals surface area contributed by atoms with Crippen molar-refractivity contribution in [2.45, 2.75) is 39.6 Å². The number of aryl methyl sites for hydroxylation is 1. The van der Waals surface area contributed by atoms with Crippen molar-refractivity contribution in [2.75, 3.05) is 5.32 Å². The molecule has 0 saturated heterocycles. The van der Waals surface area contributed by atoms with Crippen LogP contribution in [0.1, 0.15) is 30.0 Å². The van der Waals surface area contributed by atoms with E-state index in [1.807, 2.05) is 43.3 Å². The number of carbonyl (C=O) groups is 1. The number of halogens is 1. The average molecular weight is 476 g/mol. The Morgan fingerprint density at radius 2 is 2.03 bits per heavy atom. The number of nitrogens with zero attached hydrogens (tertiary/aromatic N) is 2. The number of rotatable bonds is 8. The maximum Gasteiger partial charge on any atom is 0.254 e. The number of hydrogen-bond donors (Lipinski definition) is 2. The van der Waals surface area contributed by atoms with Crippen molar-refractivity contribution >= 4 is 39.0 Å². The zero-order valence-corrected chi connectivity index (χ0v) is 18.6. The van der Waals surface area contributed by atoms with E-state index in [9.17, 15) is 9.90 Å². The van der Waals surface area contributed by atoms with Crippen molar-refractivity contribution in [1.82, 2.24) is 9.97 Å². The number of hydrogen-bond acceptors (Lipinski definition) is 6. The van der Waals surface area contributed by atoms with Gasteiger partial charge in [-0.3, -0.25) is 9.78 Å². The molecule has 8 heteroatoms. The molecule has 1 unspecified atom stereocenters. The first-order valence-electron chi connectivity index (χ1n) is 9.22. The second kappa shape index (κ2) is 10.1. The van der Waals surface area contributed by atoms with E-state index in [1.54, 1.807) is 6.20 Å².